The van der Waals surface area contributed by atoms with Gasteiger partial charge in [-0.1, -0.05) is 6.08 Å². The molecule has 1 saturated carbocycles. The van der Waals surface area contributed by atoms with Gasteiger partial charge < -0.3 is 9.64 Å². The van der Waals surface area contributed by atoms with E-state index >= 15 is 0 Å². The largest absolute Gasteiger partial charge is 0.444 e. The number of rotatable bonds is 2. The lowest BCUT2D eigenvalue weighted by Crippen LogP contribution is -2.37. The molecule has 90 valence electrons. The van der Waals surface area contributed by atoms with Gasteiger partial charge in [-0.05, 0) is 45.4 Å². The number of fused-ring (bicyclic) bond motifs is 1. The van der Waals surface area contributed by atoms with E-state index < -0.39 is 5.60 Å². The smallest absolute Gasteiger partial charge is 0.410 e. The Hall–Kier alpha value is -0.990. The highest BCUT2D eigenvalue weighted by Crippen LogP contribution is 2.49. The molecule has 0 aromatic rings. The van der Waals surface area contributed by atoms with E-state index in [0.717, 1.165) is 19.4 Å². The van der Waals surface area contributed by atoms with Crippen LogP contribution in [0.25, 0.3) is 0 Å². The first-order valence-corrected chi connectivity index (χ1v) is 6.03. The van der Waals surface area contributed by atoms with Crippen molar-refractivity contribution >= 4 is 6.09 Å². The molecule has 2 rings (SSSR count). The maximum Gasteiger partial charge on any atom is 0.410 e. The highest BCUT2D eigenvalue weighted by atomic mass is 16.6. The molecule has 1 aliphatic carbocycles. The number of hydrogen-bond donors (Lipinski definition) is 0. The topological polar surface area (TPSA) is 29.5 Å². The average molecular weight is 223 g/mol. The summed E-state index contributed by atoms with van der Waals surface area (Å²) in [6.07, 6.45) is 3.98. The van der Waals surface area contributed by atoms with Crippen LogP contribution in [0.2, 0.25) is 0 Å². The summed E-state index contributed by atoms with van der Waals surface area (Å²) in [5.41, 5.74) is -0.391. The minimum Gasteiger partial charge on any atom is -0.444 e. The number of allylic oxidation sites excluding steroid dienone is 1. The second-order valence-electron chi connectivity index (χ2n) is 5.88. The molecule has 2 aliphatic rings. The fourth-order valence-electron chi connectivity index (χ4n) is 2.58. The summed E-state index contributed by atoms with van der Waals surface area (Å²) in [6, 6.07) is 0.444. The van der Waals surface area contributed by atoms with E-state index in [-0.39, 0.29) is 6.09 Å². The van der Waals surface area contributed by atoms with Gasteiger partial charge in [-0.3, -0.25) is 0 Å². The van der Waals surface area contributed by atoms with Crippen molar-refractivity contribution in [1.29, 1.82) is 0 Å². The molecule has 0 spiro atoms. The first-order valence-electron chi connectivity index (χ1n) is 6.03. The van der Waals surface area contributed by atoms with Crippen molar-refractivity contribution in [3.8, 4) is 0 Å². The predicted molar refractivity (Wildman–Crippen MR) is 63.1 cm³/mol. The molecule has 0 radical (unpaired) electrons. The fourth-order valence-corrected chi connectivity index (χ4v) is 2.58. The van der Waals surface area contributed by atoms with Crippen LogP contribution in [0.15, 0.2) is 12.7 Å². The van der Waals surface area contributed by atoms with E-state index in [0.29, 0.717) is 17.9 Å². The van der Waals surface area contributed by atoms with Gasteiger partial charge >= 0.3 is 6.09 Å². The first kappa shape index (κ1) is 11.5. The molecule has 0 aromatic carbocycles. The molecule has 3 heteroatoms. The molecule has 2 fully saturated rings. The van der Waals surface area contributed by atoms with Crippen LogP contribution in [0.1, 0.15) is 33.6 Å². The van der Waals surface area contributed by atoms with E-state index in [2.05, 4.69) is 6.58 Å². The molecule has 0 aromatic heterocycles. The third-order valence-electron chi connectivity index (χ3n) is 3.34. The molecule has 3 nitrogen and oxygen atoms in total. The number of carbonyl (C=O) groups is 1. The third-order valence-corrected chi connectivity index (χ3v) is 3.34. The number of likely N-dealkylation sites (tertiary alicyclic amines) is 1. The summed E-state index contributed by atoms with van der Waals surface area (Å²) in [6.45, 7) is 10.3. The van der Waals surface area contributed by atoms with Crippen molar-refractivity contribution in [2.75, 3.05) is 6.54 Å². The van der Waals surface area contributed by atoms with E-state index in [1.165, 1.54) is 0 Å². The summed E-state index contributed by atoms with van der Waals surface area (Å²) in [5.74, 6) is 1.31. The molecule has 3 atom stereocenters. The van der Waals surface area contributed by atoms with Crippen molar-refractivity contribution in [2.45, 2.75) is 45.3 Å². The van der Waals surface area contributed by atoms with Gasteiger partial charge in [-0.2, -0.15) is 0 Å². The lowest BCUT2D eigenvalue weighted by atomic mass is 10.0. The van der Waals surface area contributed by atoms with Crippen LogP contribution in [0.5, 0.6) is 0 Å². The Morgan fingerprint density at radius 2 is 2.25 bits per heavy atom. The van der Waals surface area contributed by atoms with Gasteiger partial charge in [0.25, 0.3) is 0 Å². The third kappa shape index (κ3) is 2.23. The second-order valence-corrected chi connectivity index (χ2v) is 5.88. The van der Waals surface area contributed by atoms with Crippen LogP contribution in [0.3, 0.4) is 0 Å². The van der Waals surface area contributed by atoms with Gasteiger partial charge in [0.05, 0.1) is 0 Å². The first-order chi connectivity index (χ1) is 7.42. The van der Waals surface area contributed by atoms with Crippen LogP contribution in [0.4, 0.5) is 4.79 Å². The van der Waals surface area contributed by atoms with Crippen molar-refractivity contribution in [2.24, 2.45) is 11.8 Å². The summed E-state index contributed by atoms with van der Waals surface area (Å²) >= 11 is 0. The number of ether oxygens (including phenoxy) is 1. The fraction of sp³-hybridized carbons (Fsp3) is 0.769. The van der Waals surface area contributed by atoms with Crippen LogP contribution < -0.4 is 0 Å². The molecule has 1 saturated heterocycles. The number of hydrogen-bond acceptors (Lipinski definition) is 2. The normalized spacial score (nSPS) is 32.2. The van der Waals surface area contributed by atoms with Gasteiger partial charge in [0.2, 0.25) is 0 Å². The maximum absolute atomic E-state index is 11.9. The number of carbonyl (C=O) groups excluding carboxylic acids is 1. The standard InChI is InChI=1S/C13H21NO2/c1-5-6-9-8-14(11-7-10(9)11)12(15)16-13(2,3)4/h5,9-11H,1,6-8H2,2-4H3/t9-,10-,11?/m0/s1. The number of nitrogens with zero attached hydrogens (tertiary/aromatic N) is 1. The second kappa shape index (κ2) is 3.79. The highest BCUT2D eigenvalue weighted by molar-refractivity contribution is 5.69. The van der Waals surface area contributed by atoms with Crippen molar-refractivity contribution in [1.82, 2.24) is 4.90 Å². The van der Waals surface area contributed by atoms with Crippen molar-refractivity contribution in [3.05, 3.63) is 12.7 Å². The molecule has 16 heavy (non-hydrogen) atoms. The average Bonchev–Trinajstić information content (AvgIpc) is 2.83. The molecular weight excluding hydrogens is 202 g/mol. The Morgan fingerprint density at radius 1 is 1.56 bits per heavy atom. The molecule has 1 unspecified atom stereocenters. The lowest BCUT2D eigenvalue weighted by Gasteiger charge is -2.26. The SMILES string of the molecule is C=CC[C@H]1CN(C(=O)OC(C)(C)C)C2C[C@H]21. The molecule has 0 bridgehead atoms. The Labute approximate surface area is 97.5 Å². The van der Waals surface area contributed by atoms with Gasteiger partial charge in [0.1, 0.15) is 5.60 Å². The van der Waals surface area contributed by atoms with Gasteiger partial charge in [-0.15, -0.1) is 6.58 Å². The Balaban J connectivity index is 1.92. The monoisotopic (exact) mass is 223 g/mol. The van der Waals surface area contributed by atoms with Gasteiger partial charge in [0.15, 0.2) is 0 Å². The minimum absolute atomic E-state index is 0.147. The van der Waals surface area contributed by atoms with Crippen LogP contribution in [-0.4, -0.2) is 29.2 Å². The molecule has 1 aliphatic heterocycles. The summed E-state index contributed by atoms with van der Waals surface area (Å²) in [4.78, 5) is 13.8. The molecule has 1 amide bonds. The molecular formula is C13H21NO2. The summed E-state index contributed by atoms with van der Waals surface area (Å²) < 4.78 is 5.41. The molecule has 1 heterocycles. The minimum atomic E-state index is -0.391. The zero-order valence-electron chi connectivity index (χ0n) is 10.4. The van der Waals surface area contributed by atoms with Gasteiger partial charge in [0, 0.05) is 12.6 Å². The van der Waals surface area contributed by atoms with Gasteiger partial charge in [-0.25, -0.2) is 4.79 Å². The van der Waals surface area contributed by atoms with E-state index in [1.54, 1.807) is 0 Å². The predicted octanol–water partition coefficient (Wildman–Crippen LogP) is 2.82. The van der Waals surface area contributed by atoms with Crippen LogP contribution in [0, 0.1) is 11.8 Å². The van der Waals surface area contributed by atoms with Crippen molar-refractivity contribution < 1.29 is 9.53 Å². The Morgan fingerprint density at radius 3 is 2.81 bits per heavy atom. The Bertz CT molecular complexity index is 306. The zero-order valence-corrected chi connectivity index (χ0v) is 10.4. The van der Waals surface area contributed by atoms with Crippen LogP contribution in [-0.2, 0) is 4.74 Å². The number of piperidine rings is 1. The summed E-state index contributed by atoms with van der Waals surface area (Å²) in [5, 5.41) is 0. The van der Waals surface area contributed by atoms with E-state index in [9.17, 15) is 4.79 Å². The van der Waals surface area contributed by atoms with E-state index in [4.69, 9.17) is 4.74 Å². The molecule has 0 N–H and O–H groups in total. The number of amides is 1. The highest BCUT2D eigenvalue weighted by Gasteiger charge is 2.55. The van der Waals surface area contributed by atoms with Crippen molar-refractivity contribution in [3.63, 3.8) is 0 Å². The quantitative estimate of drug-likeness (QED) is 0.674. The van der Waals surface area contributed by atoms with Crippen LogP contribution >= 0.6 is 0 Å². The van der Waals surface area contributed by atoms with E-state index in [1.807, 2.05) is 31.7 Å². The lowest BCUT2D eigenvalue weighted by molar-refractivity contribution is 0.0253. The Kier molecular flexibility index (Phi) is 2.72. The zero-order chi connectivity index (χ0) is 11.9. The summed E-state index contributed by atoms with van der Waals surface area (Å²) in [7, 11) is 0. The maximum atomic E-state index is 11.9.